The van der Waals surface area contributed by atoms with Crippen LogP contribution in [0.5, 0.6) is 0 Å². The molecule has 4 unspecified atom stereocenters. The highest BCUT2D eigenvalue weighted by molar-refractivity contribution is 7.12. The summed E-state index contributed by atoms with van der Waals surface area (Å²) in [7, 11) is 0. The zero-order chi connectivity index (χ0) is 32.1. The number of aryl methyl sites for hydroxylation is 1. The third-order valence-corrected chi connectivity index (χ3v) is 15.9. The molecule has 0 bridgehead atoms. The lowest BCUT2D eigenvalue weighted by Crippen LogP contribution is -2.53. The molecule has 1 aliphatic carbocycles. The van der Waals surface area contributed by atoms with E-state index in [0.29, 0.717) is 11.5 Å². The normalized spacial score (nSPS) is 21.3. The molecule has 0 amide bonds. The van der Waals surface area contributed by atoms with E-state index in [1.54, 1.807) is 30.6 Å². The van der Waals surface area contributed by atoms with Crippen molar-refractivity contribution in [3.8, 4) is 0 Å². The molecule has 0 aliphatic heterocycles. The summed E-state index contributed by atoms with van der Waals surface area (Å²) in [4.78, 5) is 6.60. The minimum Gasteiger partial charge on any atom is -0.303 e. The molecule has 1 aliphatic rings. The van der Waals surface area contributed by atoms with Gasteiger partial charge in [-0.15, -0.1) is 22.7 Å². The molecular weight excluding hydrogens is 559 g/mol. The number of hydrogen-bond donors (Lipinski definition) is 1. The van der Waals surface area contributed by atoms with Crippen LogP contribution in [0.25, 0.3) is 0 Å². The van der Waals surface area contributed by atoms with Crippen LogP contribution in [0.2, 0.25) is 0 Å². The predicted molar refractivity (Wildman–Crippen MR) is 197 cm³/mol. The van der Waals surface area contributed by atoms with Crippen molar-refractivity contribution in [1.29, 1.82) is 0 Å². The third kappa shape index (κ3) is 7.20. The van der Waals surface area contributed by atoms with Crippen LogP contribution in [0, 0.1) is 0 Å². The topological polar surface area (TPSA) is 12.0 Å². The Labute approximate surface area is 276 Å². The Morgan fingerprint density at radius 3 is 2.05 bits per heavy atom. The summed E-state index contributed by atoms with van der Waals surface area (Å²) in [6.07, 6.45) is 17.6. The van der Waals surface area contributed by atoms with E-state index >= 15 is 0 Å². The molecule has 3 heteroatoms. The molecule has 0 saturated carbocycles. The summed E-state index contributed by atoms with van der Waals surface area (Å²) in [5, 5.41) is 4.41. The second kappa shape index (κ2) is 15.3. The zero-order valence-corrected chi connectivity index (χ0v) is 32.2. The summed E-state index contributed by atoms with van der Waals surface area (Å²) < 4.78 is 0. The van der Waals surface area contributed by atoms with Crippen LogP contribution >= 0.6 is 22.7 Å². The average Bonchev–Trinajstić information content (AvgIpc) is 3.73. The first-order valence-corrected chi connectivity index (χ1v) is 20.1. The molecule has 0 fully saturated rings. The van der Waals surface area contributed by atoms with Gasteiger partial charge in [0.2, 0.25) is 0 Å². The van der Waals surface area contributed by atoms with Crippen LogP contribution in [-0.2, 0) is 28.2 Å². The van der Waals surface area contributed by atoms with Crippen LogP contribution < -0.4 is 5.32 Å². The largest absolute Gasteiger partial charge is 0.303 e. The van der Waals surface area contributed by atoms with Gasteiger partial charge < -0.3 is 5.32 Å². The van der Waals surface area contributed by atoms with E-state index in [9.17, 15) is 0 Å². The molecule has 43 heavy (non-hydrogen) atoms. The maximum atomic E-state index is 4.41. The highest BCUT2D eigenvalue weighted by atomic mass is 32.1. The molecule has 1 nitrogen and oxygen atoms in total. The number of fused-ring (bicyclic) bond motifs is 1. The lowest BCUT2D eigenvalue weighted by atomic mass is 9.75. The van der Waals surface area contributed by atoms with Crippen LogP contribution in [0.3, 0.4) is 0 Å². The molecule has 1 N–H and O–H groups in total. The van der Waals surface area contributed by atoms with Crippen molar-refractivity contribution in [3.05, 3.63) is 42.8 Å². The van der Waals surface area contributed by atoms with Gasteiger partial charge in [-0.1, -0.05) is 102 Å². The second-order valence-corrected chi connectivity index (χ2v) is 17.1. The van der Waals surface area contributed by atoms with Gasteiger partial charge in [-0.25, -0.2) is 0 Å². The monoisotopic (exact) mass is 627 g/mol. The van der Waals surface area contributed by atoms with Gasteiger partial charge in [0.25, 0.3) is 0 Å². The Balaban J connectivity index is 2.04. The lowest BCUT2D eigenvalue weighted by molar-refractivity contribution is 0.217. The first kappa shape index (κ1) is 36.8. The predicted octanol–water partition coefficient (Wildman–Crippen LogP) is 13.3. The number of thiophene rings is 2. The smallest absolute Gasteiger partial charge is 0.0525 e. The second-order valence-electron chi connectivity index (χ2n) is 15.0. The van der Waals surface area contributed by atoms with E-state index in [0.717, 1.165) is 25.2 Å². The molecular formula is C40H69NS2. The first-order valence-electron chi connectivity index (χ1n) is 18.5. The molecule has 3 rings (SSSR count). The van der Waals surface area contributed by atoms with Crippen LogP contribution in [-0.4, -0.2) is 6.04 Å². The third-order valence-electron chi connectivity index (χ3n) is 12.5. The van der Waals surface area contributed by atoms with Crippen molar-refractivity contribution in [2.24, 2.45) is 0 Å². The van der Waals surface area contributed by atoms with Crippen molar-refractivity contribution in [1.82, 2.24) is 5.32 Å². The Bertz CT molecular complexity index is 1130. The van der Waals surface area contributed by atoms with Gasteiger partial charge in [-0.2, -0.15) is 0 Å². The fourth-order valence-corrected chi connectivity index (χ4v) is 11.5. The Kier molecular flexibility index (Phi) is 13.1. The number of hydrogen-bond acceptors (Lipinski definition) is 3. The van der Waals surface area contributed by atoms with Crippen molar-refractivity contribution in [2.45, 2.75) is 207 Å². The Morgan fingerprint density at radius 2 is 1.51 bits per heavy atom. The van der Waals surface area contributed by atoms with Gasteiger partial charge in [0, 0.05) is 41.8 Å². The van der Waals surface area contributed by atoms with Gasteiger partial charge in [0.1, 0.15) is 0 Å². The lowest BCUT2D eigenvalue weighted by Gasteiger charge is -2.43. The van der Waals surface area contributed by atoms with Crippen molar-refractivity contribution in [2.75, 3.05) is 0 Å². The molecule has 0 saturated heterocycles. The van der Waals surface area contributed by atoms with Gasteiger partial charge >= 0.3 is 0 Å². The van der Waals surface area contributed by atoms with E-state index in [1.165, 1.54) is 70.6 Å². The molecule has 0 radical (unpaired) electrons. The number of nitrogens with one attached hydrogen (secondary N) is 1. The fraction of sp³-hybridized carbons (Fsp3) is 0.800. The van der Waals surface area contributed by atoms with E-state index in [-0.39, 0.29) is 16.4 Å². The molecule has 2 aromatic rings. The quantitative estimate of drug-likeness (QED) is 0.153. The maximum Gasteiger partial charge on any atom is 0.0525 e. The van der Waals surface area contributed by atoms with Gasteiger partial charge in [0.15, 0.2) is 0 Å². The van der Waals surface area contributed by atoms with Gasteiger partial charge in [0.05, 0.1) is 5.54 Å². The molecule has 4 atom stereocenters. The highest BCUT2D eigenvalue weighted by Crippen LogP contribution is 2.55. The molecule has 246 valence electrons. The van der Waals surface area contributed by atoms with Crippen LogP contribution in [0.1, 0.15) is 203 Å². The fourth-order valence-electron chi connectivity index (χ4n) is 7.92. The van der Waals surface area contributed by atoms with E-state index < -0.39 is 0 Å². The Hall–Kier alpha value is -0.640. The van der Waals surface area contributed by atoms with Gasteiger partial charge in [-0.3, -0.25) is 0 Å². The van der Waals surface area contributed by atoms with Crippen molar-refractivity contribution in [3.63, 3.8) is 0 Å². The first-order chi connectivity index (χ1) is 20.4. The number of unbranched alkanes of at least 4 members (excludes halogenated alkanes) is 3. The van der Waals surface area contributed by atoms with Crippen molar-refractivity contribution < 1.29 is 0 Å². The molecule has 2 heterocycles. The zero-order valence-electron chi connectivity index (χ0n) is 30.5. The summed E-state index contributed by atoms with van der Waals surface area (Å²) in [5.41, 5.74) is 4.10. The Morgan fingerprint density at radius 1 is 0.837 bits per heavy atom. The molecule has 2 aromatic heterocycles. The summed E-state index contributed by atoms with van der Waals surface area (Å²) in [5.74, 6) is 0.742. The SMILES string of the molecule is CCCCCCc1cc(C(C)(CC)CC)sc1C(C)(CC)C(C)NC(CC)(CC)c1cc2c(s1)C(C)(CC)CC2CCC. The summed E-state index contributed by atoms with van der Waals surface area (Å²) in [6, 6.07) is 5.71. The summed E-state index contributed by atoms with van der Waals surface area (Å²) in [6.45, 7) is 29.3. The molecule has 0 aromatic carbocycles. The van der Waals surface area contributed by atoms with Crippen molar-refractivity contribution >= 4 is 22.7 Å². The van der Waals surface area contributed by atoms with Crippen LogP contribution in [0.4, 0.5) is 0 Å². The maximum absolute atomic E-state index is 4.41. The number of rotatable bonds is 19. The minimum atomic E-state index is 0.0268. The summed E-state index contributed by atoms with van der Waals surface area (Å²) >= 11 is 4.33. The minimum absolute atomic E-state index is 0.0268. The van der Waals surface area contributed by atoms with E-state index in [1.807, 2.05) is 0 Å². The van der Waals surface area contributed by atoms with E-state index in [2.05, 4.69) is 123 Å². The average molecular weight is 628 g/mol. The molecule has 0 spiro atoms. The van der Waals surface area contributed by atoms with Gasteiger partial charge in [-0.05, 0) is 100 Å². The van der Waals surface area contributed by atoms with Crippen LogP contribution in [0.15, 0.2) is 12.1 Å². The highest BCUT2D eigenvalue weighted by Gasteiger charge is 2.45. The van der Waals surface area contributed by atoms with E-state index in [4.69, 9.17) is 0 Å². The standard InChI is InChI=1S/C40H69NS2/c1-13-21-22-23-25-30-26-33(37(10,15-3)16-4)42-35(30)39(12,18-6)29(9)41-40(19-7,20-8)34-27-32-31(24-14-2)28-38(11,17-5)36(32)43-34/h26-27,29,31,41H,13-25,28H2,1-12H3.